The van der Waals surface area contributed by atoms with Crippen LogP contribution in [0.3, 0.4) is 0 Å². The van der Waals surface area contributed by atoms with Gasteiger partial charge in [-0.25, -0.2) is 0 Å². The Balaban J connectivity index is 0.00000312. The molecule has 2 saturated heterocycles. The summed E-state index contributed by atoms with van der Waals surface area (Å²) in [6, 6.07) is 0.527. The Labute approximate surface area is 170 Å². The first-order chi connectivity index (χ1) is 11.5. The molecule has 0 aromatic rings. The molecule has 1 atom stereocenters. The van der Waals surface area contributed by atoms with Gasteiger partial charge in [0.05, 0.1) is 6.54 Å². The number of piperazine rings is 1. The normalized spacial score (nSPS) is 20.6. The van der Waals surface area contributed by atoms with Crippen LogP contribution in [0.4, 0.5) is 0 Å². The lowest BCUT2D eigenvalue weighted by atomic mass is 10.0. The van der Waals surface area contributed by atoms with E-state index in [1.807, 2.05) is 4.90 Å². The van der Waals surface area contributed by atoms with Crippen molar-refractivity contribution in [1.82, 2.24) is 20.0 Å². The predicted octanol–water partition coefficient (Wildman–Crippen LogP) is 1.85. The summed E-state index contributed by atoms with van der Waals surface area (Å²) in [5, 5.41) is 3.44. The minimum atomic E-state index is 0. The van der Waals surface area contributed by atoms with E-state index >= 15 is 0 Å². The molecule has 2 fully saturated rings. The highest BCUT2D eigenvalue weighted by Gasteiger charge is 2.25. The van der Waals surface area contributed by atoms with Crippen molar-refractivity contribution in [3.05, 3.63) is 0 Å². The highest BCUT2D eigenvalue weighted by Crippen LogP contribution is 2.18. The highest BCUT2D eigenvalue weighted by atomic mass is 127. The van der Waals surface area contributed by atoms with E-state index in [0.29, 0.717) is 12.0 Å². The van der Waals surface area contributed by atoms with Crippen LogP contribution in [0, 0.1) is 5.92 Å². The summed E-state index contributed by atoms with van der Waals surface area (Å²) in [5.74, 6) is 1.79. The van der Waals surface area contributed by atoms with Crippen LogP contribution in [0.2, 0.25) is 0 Å². The monoisotopic (exact) mass is 465 g/mol. The highest BCUT2D eigenvalue weighted by molar-refractivity contribution is 14.0. The summed E-state index contributed by atoms with van der Waals surface area (Å²) < 4.78 is 0. The first-order valence-corrected chi connectivity index (χ1v) is 9.55. The number of nitrogens with zero attached hydrogens (tertiary/aromatic N) is 4. The van der Waals surface area contributed by atoms with E-state index in [1.165, 1.54) is 25.9 Å². The minimum Gasteiger partial charge on any atom is -0.357 e. The van der Waals surface area contributed by atoms with Gasteiger partial charge in [0, 0.05) is 45.7 Å². The van der Waals surface area contributed by atoms with E-state index in [9.17, 15) is 4.79 Å². The Morgan fingerprint density at radius 3 is 2.08 bits per heavy atom. The van der Waals surface area contributed by atoms with Gasteiger partial charge in [-0.1, -0.05) is 13.8 Å². The van der Waals surface area contributed by atoms with Gasteiger partial charge >= 0.3 is 0 Å². The zero-order chi connectivity index (χ0) is 17.5. The third kappa shape index (κ3) is 6.58. The van der Waals surface area contributed by atoms with E-state index < -0.39 is 0 Å². The van der Waals surface area contributed by atoms with Gasteiger partial charge < -0.3 is 15.1 Å². The number of carbonyl (C=O) groups excluding carboxylic acids is 1. The molecule has 1 amide bonds. The number of nitrogens with one attached hydrogen (secondary N) is 1. The van der Waals surface area contributed by atoms with E-state index in [4.69, 9.17) is 4.99 Å². The quantitative estimate of drug-likeness (QED) is 0.383. The Kier molecular flexibility index (Phi) is 10.1. The smallest absolute Gasteiger partial charge is 0.219 e. The number of likely N-dealkylation sites (tertiary alicyclic amines) is 1. The van der Waals surface area contributed by atoms with Crippen molar-refractivity contribution in [2.24, 2.45) is 10.9 Å². The Bertz CT molecular complexity index is 429. The average molecular weight is 465 g/mol. The van der Waals surface area contributed by atoms with Crippen LogP contribution in [0.5, 0.6) is 0 Å². The van der Waals surface area contributed by atoms with Gasteiger partial charge in [0.15, 0.2) is 5.96 Å². The SMILES string of the molecule is CCNC(=NCC(C(C)C)N1CCCC1)N1CCN(C(C)=O)CC1.I. The molecule has 2 rings (SSSR count). The van der Waals surface area contributed by atoms with E-state index in [2.05, 4.69) is 35.9 Å². The maximum Gasteiger partial charge on any atom is 0.219 e. The van der Waals surface area contributed by atoms with Crippen LogP contribution in [-0.2, 0) is 4.79 Å². The maximum atomic E-state index is 11.5. The molecule has 7 heteroatoms. The zero-order valence-corrected chi connectivity index (χ0v) is 18.7. The van der Waals surface area contributed by atoms with Gasteiger partial charge in [-0.15, -0.1) is 24.0 Å². The molecule has 6 nitrogen and oxygen atoms in total. The van der Waals surface area contributed by atoms with Crippen molar-refractivity contribution in [3.63, 3.8) is 0 Å². The van der Waals surface area contributed by atoms with Crippen molar-refractivity contribution < 1.29 is 4.79 Å². The lowest BCUT2D eigenvalue weighted by Gasteiger charge is -2.36. The Hall–Kier alpha value is -0.570. The van der Waals surface area contributed by atoms with Crippen LogP contribution in [0.25, 0.3) is 0 Å². The summed E-state index contributed by atoms with van der Waals surface area (Å²) in [7, 11) is 0. The summed E-state index contributed by atoms with van der Waals surface area (Å²) >= 11 is 0. The number of carbonyl (C=O) groups is 1. The van der Waals surface area contributed by atoms with Crippen molar-refractivity contribution in [2.45, 2.75) is 46.6 Å². The number of halogens is 1. The molecule has 0 bridgehead atoms. The lowest BCUT2D eigenvalue weighted by Crippen LogP contribution is -2.53. The van der Waals surface area contributed by atoms with Crippen LogP contribution < -0.4 is 5.32 Å². The summed E-state index contributed by atoms with van der Waals surface area (Å²) in [5.41, 5.74) is 0. The van der Waals surface area contributed by atoms with Gasteiger partial charge in [0.25, 0.3) is 0 Å². The van der Waals surface area contributed by atoms with E-state index in [1.54, 1.807) is 6.92 Å². The zero-order valence-electron chi connectivity index (χ0n) is 16.3. The first kappa shape index (κ1) is 22.5. The fraction of sp³-hybridized carbons (Fsp3) is 0.889. The third-order valence-corrected chi connectivity index (χ3v) is 5.17. The molecule has 25 heavy (non-hydrogen) atoms. The Morgan fingerprint density at radius 2 is 1.60 bits per heavy atom. The lowest BCUT2D eigenvalue weighted by molar-refractivity contribution is -0.130. The van der Waals surface area contributed by atoms with Crippen LogP contribution >= 0.6 is 24.0 Å². The molecule has 0 radical (unpaired) electrons. The fourth-order valence-corrected chi connectivity index (χ4v) is 3.66. The van der Waals surface area contributed by atoms with Gasteiger partial charge in [-0.2, -0.15) is 0 Å². The van der Waals surface area contributed by atoms with Crippen LogP contribution in [0.15, 0.2) is 4.99 Å². The maximum absolute atomic E-state index is 11.5. The predicted molar refractivity (Wildman–Crippen MR) is 115 cm³/mol. The molecular formula is C18H36IN5O. The first-order valence-electron chi connectivity index (χ1n) is 9.55. The molecule has 1 N–H and O–H groups in total. The molecule has 2 heterocycles. The second kappa shape index (κ2) is 11.2. The number of hydrogen-bond donors (Lipinski definition) is 1. The van der Waals surface area contributed by atoms with Crippen LogP contribution in [0.1, 0.15) is 40.5 Å². The Morgan fingerprint density at radius 1 is 1.04 bits per heavy atom. The number of rotatable bonds is 5. The van der Waals surface area contributed by atoms with Gasteiger partial charge in [-0.3, -0.25) is 14.7 Å². The minimum absolute atomic E-state index is 0. The largest absolute Gasteiger partial charge is 0.357 e. The van der Waals surface area contributed by atoms with E-state index in [0.717, 1.165) is 45.2 Å². The van der Waals surface area contributed by atoms with E-state index in [-0.39, 0.29) is 29.9 Å². The number of aliphatic imine (C=N–C) groups is 1. The van der Waals surface area contributed by atoms with Crippen molar-refractivity contribution in [2.75, 3.05) is 52.4 Å². The molecular weight excluding hydrogens is 429 g/mol. The van der Waals surface area contributed by atoms with Crippen molar-refractivity contribution in [3.8, 4) is 0 Å². The van der Waals surface area contributed by atoms with Gasteiger partial charge in [0.2, 0.25) is 5.91 Å². The van der Waals surface area contributed by atoms with Gasteiger partial charge in [-0.05, 0) is 38.8 Å². The summed E-state index contributed by atoms with van der Waals surface area (Å²) in [4.78, 5) is 23.3. The van der Waals surface area contributed by atoms with Crippen LogP contribution in [-0.4, -0.2) is 85.0 Å². The molecule has 2 aliphatic rings. The molecule has 1 unspecified atom stereocenters. The average Bonchev–Trinajstić information content (AvgIpc) is 3.08. The molecule has 0 saturated carbocycles. The van der Waals surface area contributed by atoms with Crippen molar-refractivity contribution in [1.29, 1.82) is 0 Å². The number of guanidine groups is 1. The molecule has 0 aromatic carbocycles. The fourth-order valence-electron chi connectivity index (χ4n) is 3.66. The third-order valence-electron chi connectivity index (χ3n) is 5.17. The van der Waals surface area contributed by atoms with Crippen molar-refractivity contribution >= 4 is 35.8 Å². The standard InChI is InChI=1S/C18H35N5O.HI/c1-5-19-18(23-12-10-21(11-13-23)16(4)24)20-14-17(15(2)3)22-8-6-7-9-22;/h15,17H,5-14H2,1-4H3,(H,19,20);1H. The summed E-state index contributed by atoms with van der Waals surface area (Å²) in [6.07, 6.45) is 2.64. The number of hydrogen-bond acceptors (Lipinski definition) is 3. The van der Waals surface area contributed by atoms with Gasteiger partial charge in [0.1, 0.15) is 0 Å². The second-order valence-electron chi connectivity index (χ2n) is 7.24. The molecule has 0 spiro atoms. The second-order valence-corrected chi connectivity index (χ2v) is 7.24. The molecule has 0 aromatic heterocycles. The molecule has 2 aliphatic heterocycles. The molecule has 0 aliphatic carbocycles. The number of amides is 1. The summed E-state index contributed by atoms with van der Waals surface area (Å²) in [6.45, 7) is 15.8. The topological polar surface area (TPSA) is 51.2 Å². The molecule has 146 valence electrons.